The molecule has 0 atom stereocenters. The number of halogens is 1. The zero-order chi connectivity index (χ0) is 20.2. The van der Waals surface area contributed by atoms with Crippen molar-refractivity contribution >= 4 is 28.9 Å². The van der Waals surface area contributed by atoms with Gasteiger partial charge in [-0.05, 0) is 18.2 Å². The number of nitrogens with zero attached hydrogens (tertiary/aromatic N) is 4. The molecule has 1 aliphatic heterocycles. The van der Waals surface area contributed by atoms with Crippen molar-refractivity contribution in [3.63, 3.8) is 0 Å². The number of hydrogen-bond donors (Lipinski definition) is 1. The van der Waals surface area contributed by atoms with Crippen LogP contribution in [0, 0.1) is 0 Å². The van der Waals surface area contributed by atoms with E-state index in [0.29, 0.717) is 23.9 Å². The Balaban J connectivity index is 1.61. The third-order valence-corrected chi connectivity index (χ3v) is 5.04. The fourth-order valence-corrected chi connectivity index (χ4v) is 3.41. The van der Waals surface area contributed by atoms with Gasteiger partial charge >= 0.3 is 0 Å². The number of morpholine rings is 1. The molecule has 0 aliphatic carbocycles. The molecule has 1 fully saturated rings. The Labute approximate surface area is 173 Å². The number of nitrogen functional groups attached to an aromatic ring is 1. The molecule has 8 heteroatoms. The largest absolute Gasteiger partial charge is 0.382 e. The number of carbonyl (C=O) groups excluding carboxylic acids is 1. The van der Waals surface area contributed by atoms with Gasteiger partial charge in [0.05, 0.1) is 25.1 Å². The van der Waals surface area contributed by atoms with Gasteiger partial charge in [0.25, 0.3) is 0 Å². The third kappa shape index (κ3) is 4.36. The van der Waals surface area contributed by atoms with Crippen molar-refractivity contribution in [2.75, 3.05) is 36.9 Å². The third-order valence-electron chi connectivity index (χ3n) is 4.79. The van der Waals surface area contributed by atoms with Crippen LogP contribution in [0.15, 0.2) is 48.9 Å². The summed E-state index contributed by atoms with van der Waals surface area (Å²) in [5.74, 6) is -0.0853. The van der Waals surface area contributed by atoms with Crippen LogP contribution in [0.25, 0.3) is 11.3 Å². The minimum atomic E-state index is -0.201. The number of carbonyl (C=O) groups is 1. The summed E-state index contributed by atoms with van der Waals surface area (Å²) < 4.78 is 5.42. The number of ether oxygens (including phenoxy) is 1. The van der Waals surface area contributed by atoms with E-state index in [0.717, 1.165) is 29.9 Å². The fraction of sp³-hybridized carbons (Fsp3) is 0.238. The van der Waals surface area contributed by atoms with Crippen LogP contribution in [0.4, 0.5) is 11.5 Å². The first-order valence-electron chi connectivity index (χ1n) is 9.29. The Morgan fingerprint density at radius 1 is 1.14 bits per heavy atom. The number of aromatic nitrogens is 3. The standard InChI is InChI=1S/C21H20ClN5O2/c22-16-3-1-14(2-4-16)17-13-25-21(23)20(26-17)19(28)11-15-12-24-6-5-18(15)27-7-9-29-10-8-27/h1-6,12-13H,7-11H2,(H2,23,25). The van der Waals surface area contributed by atoms with E-state index >= 15 is 0 Å². The summed E-state index contributed by atoms with van der Waals surface area (Å²) in [6.45, 7) is 2.88. The lowest BCUT2D eigenvalue weighted by molar-refractivity contribution is 0.0988. The smallest absolute Gasteiger partial charge is 0.189 e. The predicted octanol–water partition coefficient (Wildman–Crippen LogP) is 3.04. The second-order valence-corrected chi connectivity index (χ2v) is 7.14. The first-order valence-corrected chi connectivity index (χ1v) is 9.67. The molecule has 2 aromatic heterocycles. The van der Waals surface area contributed by atoms with E-state index in [1.807, 2.05) is 18.2 Å². The number of pyridine rings is 1. The molecule has 1 aliphatic rings. The zero-order valence-corrected chi connectivity index (χ0v) is 16.5. The van der Waals surface area contributed by atoms with Crippen LogP contribution < -0.4 is 10.6 Å². The Morgan fingerprint density at radius 3 is 2.66 bits per heavy atom. The number of ketones is 1. The fourth-order valence-electron chi connectivity index (χ4n) is 3.29. The summed E-state index contributed by atoms with van der Waals surface area (Å²) in [6.07, 6.45) is 5.14. The summed E-state index contributed by atoms with van der Waals surface area (Å²) in [7, 11) is 0. The molecule has 148 valence electrons. The highest BCUT2D eigenvalue weighted by Crippen LogP contribution is 2.24. The van der Waals surface area contributed by atoms with Crippen molar-refractivity contribution in [1.82, 2.24) is 15.0 Å². The Bertz CT molecular complexity index is 1020. The molecule has 2 N–H and O–H groups in total. The van der Waals surface area contributed by atoms with Gasteiger partial charge in [-0.1, -0.05) is 23.7 Å². The minimum absolute atomic E-state index is 0.115. The van der Waals surface area contributed by atoms with Gasteiger partial charge in [0.2, 0.25) is 0 Å². The molecule has 4 rings (SSSR count). The topological polar surface area (TPSA) is 94.2 Å². The Hall–Kier alpha value is -3.03. The van der Waals surface area contributed by atoms with Crippen LogP contribution >= 0.6 is 11.6 Å². The van der Waals surface area contributed by atoms with Crippen molar-refractivity contribution in [3.8, 4) is 11.3 Å². The molecule has 3 heterocycles. The van der Waals surface area contributed by atoms with Gasteiger partial charge in [0.15, 0.2) is 11.6 Å². The number of nitrogens with two attached hydrogens (primary N) is 1. The minimum Gasteiger partial charge on any atom is -0.382 e. The van der Waals surface area contributed by atoms with E-state index in [9.17, 15) is 4.79 Å². The van der Waals surface area contributed by atoms with Gasteiger partial charge in [-0.25, -0.2) is 9.97 Å². The average Bonchev–Trinajstić information content (AvgIpc) is 2.76. The van der Waals surface area contributed by atoms with Crippen LogP contribution in [-0.4, -0.2) is 47.0 Å². The lowest BCUT2D eigenvalue weighted by Gasteiger charge is -2.30. The van der Waals surface area contributed by atoms with Gasteiger partial charge in [0, 0.05) is 53.7 Å². The first-order chi connectivity index (χ1) is 14.1. The number of Topliss-reactive ketones (excluding diaryl/α,β-unsaturated/α-hetero) is 1. The van der Waals surface area contributed by atoms with Crippen molar-refractivity contribution < 1.29 is 9.53 Å². The molecule has 1 saturated heterocycles. The lowest BCUT2D eigenvalue weighted by atomic mass is 10.1. The maximum atomic E-state index is 13.0. The summed E-state index contributed by atoms with van der Waals surface area (Å²) in [6, 6.07) is 9.11. The monoisotopic (exact) mass is 409 g/mol. The summed E-state index contributed by atoms with van der Waals surface area (Å²) in [5, 5.41) is 0.626. The summed E-state index contributed by atoms with van der Waals surface area (Å²) >= 11 is 5.95. The molecule has 0 unspecified atom stereocenters. The molecule has 1 aromatic carbocycles. The zero-order valence-electron chi connectivity index (χ0n) is 15.7. The van der Waals surface area contributed by atoms with Gasteiger partial charge in [0.1, 0.15) is 5.69 Å². The van der Waals surface area contributed by atoms with Crippen LogP contribution in [0.2, 0.25) is 5.02 Å². The summed E-state index contributed by atoms with van der Waals surface area (Å²) in [4.78, 5) is 28.1. The molecule has 29 heavy (non-hydrogen) atoms. The molecular formula is C21H20ClN5O2. The van der Waals surface area contributed by atoms with E-state index in [-0.39, 0.29) is 23.7 Å². The molecular weight excluding hydrogens is 390 g/mol. The van der Waals surface area contributed by atoms with Gasteiger partial charge in [-0.3, -0.25) is 9.78 Å². The van der Waals surface area contributed by atoms with Crippen molar-refractivity contribution in [1.29, 1.82) is 0 Å². The highest BCUT2D eigenvalue weighted by atomic mass is 35.5. The molecule has 3 aromatic rings. The molecule has 0 bridgehead atoms. The number of rotatable bonds is 5. The average molecular weight is 410 g/mol. The summed E-state index contributed by atoms with van der Waals surface area (Å²) in [5.41, 5.74) is 9.32. The van der Waals surface area contributed by atoms with Crippen LogP contribution in [0.1, 0.15) is 16.1 Å². The van der Waals surface area contributed by atoms with E-state index < -0.39 is 0 Å². The van der Waals surface area contributed by atoms with Gasteiger partial charge in [-0.15, -0.1) is 0 Å². The van der Waals surface area contributed by atoms with Crippen LogP contribution in [-0.2, 0) is 11.2 Å². The Morgan fingerprint density at radius 2 is 1.90 bits per heavy atom. The quantitative estimate of drug-likeness (QED) is 0.647. The highest BCUT2D eigenvalue weighted by Gasteiger charge is 2.20. The van der Waals surface area contributed by atoms with Crippen LogP contribution in [0.5, 0.6) is 0 Å². The maximum Gasteiger partial charge on any atom is 0.189 e. The van der Waals surface area contributed by atoms with Crippen molar-refractivity contribution in [2.45, 2.75) is 6.42 Å². The molecule has 0 radical (unpaired) electrons. The van der Waals surface area contributed by atoms with E-state index in [1.165, 1.54) is 0 Å². The first kappa shape index (κ1) is 19.3. The van der Waals surface area contributed by atoms with E-state index in [4.69, 9.17) is 22.1 Å². The van der Waals surface area contributed by atoms with E-state index in [2.05, 4.69) is 19.9 Å². The predicted molar refractivity (Wildman–Crippen MR) is 112 cm³/mol. The van der Waals surface area contributed by atoms with Gasteiger partial charge in [-0.2, -0.15) is 0 Å². The number of hydrogen-bond acceptors (Lipinski definition) is 7. The van der Waals surface area contributed by atoms with Crippen molar-refractivity contribution in [3.05, 3.63) is 65.2 Å². The SMILES string of the molecule is Nc1ncc(-c2ccc(Cl)cc2)nc1C(=O)Cc1cnccc1N1CCOCC1. The highest BCUT2D eigenvalue weighted by molar-refractivity contribution is 6.30. The lowest BCUT2D eigenvalue weighted by Crippen LogP contribution is -2.37. The molecule has 0 spiro atoms. The Kier molecular flexibility index (Phi) is 5.69. The van der Waals surface area contributed by atoms with Crippen LogP contribution in [0.3, 0.4) is 0 Å². The van der Waals surface area contributed by atoms with E-state index in [1.54, 1.807) is 30.7 Å². The molecule has 7 nitrogen and oxygen atoms in total. The van der Waals surface area contributed by atoms with Crippen molar-refractivity contribution in [2.24, 2.45) is 0 Å². The number of anilines is 2. The molecule has 0 saturated carbocycles. The van der Waals surface area contributed by atoms with Gasteiger partial charge < -0.3 is 15.4 Å². The normalized spacial score (nSPS) is 14.0. The number of benzene rings is 1. The maximum absolute atomic E-state index is 13.0. The molecule has 0 amide bonds. The second kappa shape index (κ2) is 8.55. The second-order valence-electron chi connectivity index (χ2n) is 6.70.